The molecule has 1 aromatic carbocycles. The van der Waals surface area contributed by atoms with Gasteiger partial charge in [0, 0.05) is 16.7 Å². The topological polar surface area (TPSA) is 12.9 Å². The molecule has 0 saturated heterocycles. The maximum absolute atomic E-state index is 4.43. The van der Waals surface area contributed by atoms with Gasteiger partial charge < -0.3 is 0 Å². The van der Waals surface area contributed by atoms with E-state index in [0.29, 0.717) is 0 Å². The Morgan fingerprint density at radius 1 is 1.06 bits per heavy atom. The van der Waals surface area contributed by atoms with Crippen LogP contribution in [0.5, 0.6) is 0 Å². The molecule has 16 heavy (non-hydrogen) atoms. The van der Waals surface area contributed by atoms with Crippen LogP contribution in [-0.2, 0) is 0 Å². The van der Waals surface area contributed by atoms with E-state index in [9.17, 15) is 0 Å². The Kier molecular flexibility index (Phi) is 4.84. The standard InChI is InChI=1S/C13H13NS.ClH/c1-10-5-7-11(8-6-10)13-12(15-2)4-3-9-14-13;/h3-9H,1-2H3;1H. The molecule has 0 radical (unpaired) electrons. The number of aromatic nitrogens is 1. The Labute approximate surface area is 107 Å². The first kappa shape index (κ1) is 13.1. The number of hydrogen-bond acceptors (Lipinski definition) is 2. The zero-order chi connectivity index (χ0) is 10.7. The Bertz CT molecular complexity index is 454. The molecule has 0 fully saturated rings. The summed E-state index contributed by atoms with van der Waals surface area (Å²) < 4.78 is 0. The lowest BCUT2D eigenvalue weighted by atomic mass is 10.1. The Balaban J connectivity index is 0.00000128. The number of rotatable bonds is 2. The van der Waals surface area contributed by atoms with Crippen molar-refractivity contribution in [1.29, 1.82) is 0 Å². The van der Waals surface area contributed by atoms with Crippen LogP contribution in [0.2, 0.25) is 0 Å². The number of benzene rings is 1. The molecular formula is C13H14ClNS. The predicted molar refractivity (Wildman–Crippen MR) is 73.4 cm³/mol. The highest BCUT2D eigenvalue weighted by atomic mass is 35.5. The first-order chi connectivity index (χ1) is 7.31. The van der Waals surface area contributed by atoms with Gasteiger partial charge in [0.2, 0.25) is 0 Å². The van der Waals surface area contributed by atoms with Crippen LogP contribution in [0.4, 0.5) is 0 Å². The van der Waals surface area contributed by atoms with Crippen molar-refractivity contribution in [2.45, 2.75) is 11.8 Å². The van der Waals surface area contributed by atoms with Gasteiger partial charge in [0.25, 0.3) is 0 Å². The molecular weight excluding hydrogens is 238 g/mol. The lowest BCUT2D eigenvalue weighted by molar-refractivity contribution is 1.24. The van der Waals surface area contributed by atoms with Gasteiger partial charge in [-0.25, -0.2) is 0 Å². The summed E-state index contributed by atoms with van der Waals surface area (Å²) in [6, 6.07) is 12.6. The molecule has 2 aromatic rings. The molecule has 0 N–H and O–H groups in total. The van der Waals surface area contributed by atoms with Crippen LogP contribution in [0.1, 0.15) is 5.56 Å². The van der Waals surface area contributed by atoms with Gasteiger partial charge in [-0.1, -0.05) is 29.8 Å². The summed E-state index contributed by atoms with van der Waals surface area (Å²) in [4.78, 5) is 5.65. The van der Waals surface area contributed by atoms with Crippen LogP contribution in [0, 0.1) is 6.92 Å². The normalized spacial score (nSPS) is 9.62. The number of nitrogens with zero attached hydrogens (tertiary/aromatic N) is 1. The Hall–Kier alpha value is -0.990. The molecule has 1 heterocycles. The smallest absolute Gasteiger partial charge is 0.0837 e. The fraction of sp³-hybridized carbons (Fsp3) is 0.154. The van der Waals surface area contributed by atoms with E-state index in [1.165, 1.54) is 16.0 Å². The molecule has 0 aliphatic heterocycles. The second-order valence-corrected chi connectivity index (χ2v) is 4.27. The first-order valence-electron chi connectivity index (χ1n) is 4.87. The monoisotopic (exact) mass is 251 g/mol. The molecule has 0 saturated carbocycles. The summed E-state index contributed by atoms with van der Waals surface area (Å²) in [6.45, 7) is 2.09. The van der Waals surface area contributed by atoms with Crippen molar-refractivity contribution in [3.05, 3.63) is 48.2 Å². The largest absolute Gasteiger partial charge is 0.255 e. The van der Waals surface area contributed by atoms with Crippen LogP contribution in [0.3, 0.4) is 0 Å². The van der Waals surface area contributed by atoms with E-state index in [0.717, 1.165) is 5.69 Å². The van der Waals surface area contributed by atoms with Crippen molar-refractivity contribution in [3.8, 4) is 11.3 Å². The molecule has 0 aliphatic rings. The fourth-order valence-electron chi connectivity index (χ4n) is 1.48. The molecule has 0 atom stereocenters. The predicted octanol–water partition coefficient (Wildman–Crippen LogP) is 4.20. The third kappa shape index (κ3) is 2.77. The van der Waals surface area contributed by atoms with Gasteiger partial charge in [-0.05, 0) is 25.3 Å². The second-order valence-electron chi connectivity index (χ2n) is 3.42. The molecule has 0 aliphatic carbocycles. The van der Waals surface area contributed by atoms with Crippen molar-refractivity contribution in [2.75, 3.05) is 6.26 Å². The van der Waals surface area contributed by atoms with E-state index in [-0.39, 0.29) is 12.4 Å². The number of pyridine rings is 1. The molecule has 1 aromatic heterocycles. The SMILES string of the molecule is CSc1cccnc1-c1ccc(C)cc1.Cl. The lowest BCUT2D eigenvalue weighted by Crippen LogP contribution is -1.86. The zero-order valence-electron chi connectivity index (χ0n) is 9.31. The molecule has 0 bridgehead atoms. The minimum atomic E-state index is 0. The number of hydrogen-bond donors (Lipinski definition) is 0. The third-order valence-corrected chi connectivity index (χ3v) is 3.08. The third-order valence-electron chi connectivity index (χ3n) is 2.32. The summed E-state index contributed by atoms with van der Waals surface area (Å²) in [7, 11) is 0. The first-order valence-corrected chi connectivity index (χ1v) is 6.10. The minimum Gasteiger partial charge on any atom is -0.255 e. The quantitative estimate of drug-likeness (QED) is 0.742. The number of aryl methyl sites for hydroxylation is 1. The van der Waals surface area contributed by atoms with Crippen molar-refractivity contribution in [3.63, 3.8) is 0 Å². The van der Waals surface area contributed by atoms with Crippen molar-refractivity contribution in [1.82, 2.24) is 4.98 Å². The van der Waals surface area contributed by atoms with Crippen LogP contribution in [0.15, 0.2) is 47.5 Å². The van der Waals surface area contributed by atoms with Crippen molar-refractivity contribution < 1.29 is 0 Å². The van der Waals surface area contributed by atoms with E-state index in [4.69, 9.17) is 0 Å². The summed E-state index contributed by atoms with van der Waals surface area (Å²) in [5, 5.41) is 0. The van der Waals surface area contributed by atoms with E-state index < -0.39 is 0 Å². The molecule has 0 unspecified atom stereocenters. The maximum atomic E-state index is 4.43. The van der Waals surface area contributed by atoms with Gasteiger partial charge in [0.1, 0.15) is 0 Å². The van der Waals surface area contributed by atoms with Crippen LogP contribution < -0.4 is 0 Å². The zero-order valence-corrected chi connectivity index (χ0v) is 10.9. The van der Waals surface area contributed by atoms with Gasteiger partial charge in [0.05, 0.1) is 5.69 Å². The highest BCUT2D eigenvalue weighted by Crippen LogP contribution is 2.27. The average molecular weight is 252 g/mol. The van der Waals surface area contributed by atoms with Crippen molar-refractivity contribution in [2.24, 2.45) is 0 Å². The summed E-state index contributed by atoms with van der Waals surface area (Å²) in [6.07, 6.45) is 3.92. The van der Waals surface area contributed by atoms with E-state index >= 15 is 0 Å². The van der Waals surface area contributed by atoms with Gasteiger partial charge in [-0.3, -0.25) is 4.98 Å². The summed E-state index contributed by atoms with van der Waals surface area (Å²) in [5.41, 5.74) is 3.54. The number of thioether (sulfide) groups is 1. The van der Waals surface area contributed by atoms with Crippen LogP contribution in [-0.4, -0.2) is 11.2 Å². The molecule has 3 heteroatoms. The van der Waals surface area contributed by atoms with Crippen LogP contribution >= 0.6 is 24.2 Å². The molecule has 84 valence electrons. The summed E-state index contributed by atoms with van der Waals surface area (Å²) in [5.74, 6) is 0. The fourth-order valence-corrected chi connectivity index (χ4v) is 2.06. The van der Waals surface area contributed by atoms with Gasteiger partial charge >= 0.3 is 0 Å². The second kappa shape index (κ2) is 5.92. The van der Waals surface area contributed by atoms with Crippen LogP contribution in [0.25, 0.3) is 11.3 Å². The molecule has 1 nitrogen and oxygen atoms in total. The Morgan fingerprint density at radius 2 is 1.75 bits per heavy atom. The average Bonchev–Trinajstić information content (AvgIpc) is 2.30. The number of halogens is 1. The molecule has 0 spiro atoms. The van der Waals surface area contributed by atoms with Gasteiger partial charge in [-0.2, -0.15) is 0 Å². The Morgan fingerprint density at radius 3 is 2.38 bits per heavy atom. The van der Waals surface area contributed by atoms with Gasteiger partial charge in [-0.15, -0.1) is 24.2 Å². The lowest BCUT2D eigenvalue weighted by Gasteiger charge is -2.05. The van der Waals surface area contributed by atoms with E-state index in [2.05, 4.69) is 48.5 Å². The maximum Gasteiger partial charge on any atom is 0.0837 e. The molecule has 0 amide bonds. The van der Waals surface area contributed by atoms with E-state index in [1.807, 2.05) is 12.3 Å². The highest BCUT2D eigenvalue weighted by Gasteiger charge is 2.04. The highest BCUT2D eigenvalue weighted by molar-refractivity contribution is 7.98. The minimum absolute atomic E-state index is 0. The van der Waals surface area contributed by atoms with Gasteiger partial charge in [0.15, 0.2) is 0 Å². The van der Waals surface area contributed by atoms with E-state index in [1.54, 1.807) is 11.8 Å². The molecule has 2 rings (SSSR count). The summed E-state index contributed by atoms with van der Waals surface area (Å²) >= 11 is 1.73. The van der Waals surface area contributed by atoms with Crippen molar-refractivity contribution >= 4 is 24.2 Å².